The third kappa shape index (κ3) is 5.87. The zero-order chi connectivity index (χ0) is 25.7. The van der Waals surface area contributed by atoms with Crippen LogP contribution in [-0.2, 0) is 4.74 Å². The molecular weight excluding hydrogens is 460 g/mol. The van der Waals surface area contributed by atoms with Crippen molar-refractivity contribution >= 4 is 34.6 Å². The van der Waals surface area contributed by atoms with E-state index in [-0.39, 0.29) is 24.1 Å². The summed E-state index contributed by atoms with van der Waals surface area (Å²) < 4.78 is 5.33. The van der Waals surface area contributed by atoms with Gasteiger partial charge in [0.05, 0.1) is 29.1 Å². The molecule has 2 N–H and O–H groups in total. The average molecular weight is 497 g/mol. The smallest absolute Gasteiger partial charge is 0.410 e. The van der Waals surface area contributed by atoms with Gasteiger partial charge in [-0.3, -0.25) is 14.7 Å². The van der Waals surface area contributed by atoms with E-state index >= 15 is 0 Å². The van der Waals surface area contributed by atoms with E-state index in [1.165, 1.54) is 0 Å². The van der Waals surface area contributed by atoms with Crippen LogP contribution in [0.25, 0.3) is 10.9 Å². The highest BCUT2D eigenvalue weighted by Crippen LogP contribution is 2.27. The van der Waals surface area contributed by atoms with Crippen molar-refractivity contribution in [1.29, 1.82) is 0 Å². The number of hydrogen-bond acceptors (Lipinski definition) is 6. The molecule has 2 fully saturated rings. The number of pyridine rings is 1. The van der Waals surface area contributed by atoms with Crippen molar-refractivity contribution in [3.63, 3.8) is 0 Å². The number of piperazine rings is 1. The van der Waals surface area contributed by atoms with Crippen molar-refractivity contribution < 1.29 is 19.1 Å². The first kappa shape index (κ1) is 25.7. The Morgan fingerprint density at radius 3 is 2.39 bits per heavy atom. The highest BCUT2D eigenvalue weighted by Gasteiger charge is 2.32. The van der Waals surface area contributed by atoms with Gasteiger partial charge in [-0.2, -0.15) is 0 Å². The van der Waals surface area contributed by atoms with Crippen LogP contribution in [0.1, 0.15) is 44.0 Å². The lowest BCUT2D eigenvalue weighted by Crippen LogP contribution is -2.55. The molecule has 2 saturated heterocycles. The van der Waals surface area contributed by atoms with E-state index in [0.29, 0.717) is 55.5 Å². The maximum atomic E-state index is 13.7. The Morgan fingerprint density at radius 2 is 1.72 bits per heavy atom. The van der Waals surface area contributed by atoms with Gasteiger partial charge >= 0.3 is 12.1 Å². The van der Waals surface area contributed by atoms with Gasteiger partial charge in [-0.05, 0) is 39.7 Å². The first-order valence-electron chi connectivity index (χ1n) is 12.8. The molecule has 0 spiro atoms. The maximum Gasteiger partial charge on any atom is 0.410 e. The van der Waals surface area contributed by atoms with Crippen molar-refractivity contribution in [1.82, 2.24) is 25.0 Å². The van der Waals surface area contributed by atoms with Gasteiger partial charge in [0.2, 0.25) is 0 Å². The third-order valence-corrected chi connectivity index (χ3v) is 6.75. The zero-order valence-corrected chi connectivity index (χ0v) is 21.3. The van der Waals surface area contributed by atoms with Gasteiger partial charge in [0, 0.05) is 57.2 Å². The Bertz CT molecular complexity index is 1090. The minimum atomic E-state index is -0.364. The molecule has 194 valence electrons. The van der Waals surface area contributed by atoms with Crippen LogP contribution in [0.5, 0.6) is 0 Å². The molecule has 2 aromatic rings. The molecule has 0 saturated carbocycles. The lowest BCUT2D eigenvalue weighted by atomic mass is 10.0. The second kappa shape index (κ2) is 11.6. The van der Waals surface area contributed by atoms with E-state index in [4.69, 9.17) is 4.74 Å². The quantitative estimate of drug-likeness (QED) is 0.659. The van der Waals surface area contributed by atoms with E-state index in [1.54, 1.807) is 11.1 Å². The van der Waals surface area contributed by atoms with E-state index in [0.717, 1.165) is 31.3 Å². The van der Waals surface area contributed by atoms with Crippen molar-refractivity contribution in [2.24, 2.45) is 0 Å². The first-order chi connectivity index (χ1) is 17.4. The van der Waals surface area contributed by atoms with Crippen LogP contribution in [0.4, 0.5) is 15.3 Å². The highest BCUT2D eigenvalue weighted by atomic mass is 16.6. The van der Waals surface area contributed by atoms with Crippen LogP contribution in [0, 0.1) is 0 Å². The number of nitrogens with one attached hydrogen (secondary N) is 2. The predicted molar refractivity (Wildman–Crippen MR) is 138 cm³/mol. The number of ether oxygens (including phenoxy) is 1. The second-order valence-electron chi connectivity index (χ2n) is 9.53. The van der Waals surface area contributed by atoms with Gasteiger partial charge in [0.25, 0.3) is 5.91 Å². The van der Waals surface area contributed by atoms with Gasteiger partial charge in [-0.15, -0.1) is 0 Å². The number of aromatic nitrogens is 1. The van der Waals surface area contributed by atoms with E-state index in [2.05, 4.69) is 20.5 Å². The van der Waals surface area contributed by atoms with Crippen molar-refractivity contribution in [2.45, 2.75) is 45.8 Å². The Morgan fingerprint density at radius 1 is 1.03 bits per heavy atom. The largest absolute Gasteiger partial charge is 0.447 e. The lowest BCUT2D eigenvalue weighted by molar-refractivity contribution is 0.0360. The molecule has 3 heterocycles. The number of carbonyl (C=O) groups is 3. The van der Waals surface area contributed by atoms with E-state index in [9.17, 15) is 14.4 Å². The standard InChI is InChI=1S/C26H36N6O4/c1-4-27-25(34)29-22-17-28-21-8-6-5-7-20(21)23(22)24(33)31-15-13-30(14-16-31)19-9-11-32(12-10-19)26(35)36-18(2)3/h5-8,17-19H,4,9-16H2,1-3H3,(H2,27,29,34). The number of para-hydroxylation sites is 1. The molecule has 2 aliphatic rings. The molecule has 1 aromatic heterocycles. The maximum absolute atomic E-state index is 13.7. The molecule has 10 heteroatoms. The number of rotatable bonds is 5. The molecule has 0 radical (unpaired) electrons. The number of likely N-dealkylation sites (tertiary alicyclic amines) is 1. The summed E-state index contributed by atoms with van der Waals surface area (Å²) in [7, 11) is 0. The zero-order valence-electron chi connectivity index (χ0n) is 21.3. The number of nitrogens with zero attached hydrogens (tertiary/aromatic N) is 4. The second-order valence-corrected chi connectivity index (χ2v) is 9.53. The van der Waals surface area contributed by atoms with Gasteiger partial charge in [-0.1, -0.05) is 18.2 Å². The Labute approximate surface area is 212 Å². The van der Waals surface area contributed by atoms with Crippen LogP contribution in [0.15, 0.2) is 30.5 Å². The molecule has 0 bridgehead atoms. The number of benzene rings is 1. The summed E-state index contributed by atoms with van der Waals surface area (Å²) in [6, 6.07) is 7.51. The summed E-state index contributed by atoms with van der Waals surface area (Å²) in [5, 5.41) is 6.23. The van der Waals surface area contributed by atoms with Crippen LogP contribution >= 0.6 is 0 Å². The fourth-order valence-corrected chi connectivity index (χ4v) is 4.93. The molecule has 10 nitrogen and oxygen atoms in total. The highest BCUT2D eigenvalue weighted by molar-refractivity contribution is 6.12. The third-order valence-electron chi connectivity index (χ3n) is 6.75. The molecular formula is C26H36N6O4. The molecule has 36 heavy (non-hydrogen) atoms. The summed E-state index contributed by atoms with van der Waals surface area (Å²) in [4.78, 5) is 48.6. The van der Waals surface area contributed by atoms with Gasteiger partial charge in [0.1, 0.15) is 0 Å². The Balaban J connectivity index is 1.41. The summed E-state index contributed by atoms with van der Waals surface area (Å²) in [6.07, 6.45) is 3.00. The first-order valence-corrected chi connectivity index (χ1v) is 12.8. The summed E-state index contributed by atoms with van der Waals surface area (Å²) in [5.41, 5.74) is 1.59. The van der Waals surface area contributed by atoms with Gasteiger partial charge in [0.15, 0.2) is 0 Å². The van der Waals surface area contributed by atoms with Crippen molar-refractivity contribution in [3.05, 3.63) is 36.0 Å². The van der Waals surface area contributed by atoms with Gasteiger partial charge < -0.3 is 25.2 Å². The SMILES string of the molecule is CCNC(=O)Nc1cnc2ccccc2c1C(=O)N1CCN(C2CCN(C(=O)OC(C)C)CC2)CC1. The summed E-state index contributed by atoms with van der Waals surface area (Å²) in [6.45, 7) is 10.2. The molecule has 0 aliphatic carbocycles. The summed E-state index contributed by atoms with van der Waals surface area (Å²) >= 11 is 0. The number of hydrogen-bond donors (Lipinski definition) is 2. The van der Waals surface area contributed by atoms with Crippen molar-refractivity contribution in [2.75, 3.05) is 51.1 Å². The molecule has 4 amide bonds. The van der Waals surface area contributed by atoms with Crippen LogP contribution in [0.3, 0.4) is 0 Å². The normalized spacial score (nSPS) is 17.3. The number of urea groups is 1. The number of carbonyl (C=O) groups excluding carboxylic acids is 3. The Hall–Kier alpha value is -3.40. The van der Waals surface area contributed by atoms with Crippen molar-refractivity contribution in [3.8, 4) is 0 Å². The van der Waals surface area contributed by atoms with E-state index in [1.807, 2.05) is 49.9 Å². The predicted octanol–water partition coefficient (Wildman–Crippen LogP) is 3.14. The Kier molecular flexibility index (Phi) is 8.25. The number of amides is 4. The van der Waals surface area contributed by atoms with E-state index < -0.39 is 0 Å². The topological polar surface area (TPSA) is 107 Å². The monoisotopic (exact) mass is 496 g/mol. The molecule has 4 rings (SSSR count). The van der Waals surface area contributed by atoms with Crippen LogP contribution in [-0.4, -0.2) is 95.7 Å². The molecule has 0 unspecified atom stereocenters. The summed E-state index contributed by atoms with van der Waals surface area (Å²) in [5.74, 6) is -0.105. The molecule has 2 aliphatic heterocycles. The molecule has 0 atom stereocenters. The lowest BCUT2D eigenvalue weighted by Gasteiger charge is -2.42. The molecule has 1 aromatic carbocycles. The number of fused-ring (bicyclic) bond motifs is 1. The number of piperidine rings is 1. The van der Waals surface area contributed by atoms with Crippen LogP contribution < -0.4 is 10.6 Å². The minimum Gasteiger partial charge on any atom is -0.447 e. The minimum absolute atomic E-state index is 0.105. The number of anilines is 1. The average Bonchev–Trinajstić information content (AvgIpc) is 2.88. The fourth-order valence-electron chi connectivity index (χ4n) is 4.93. The fraction of sp³-hybridized carbons (Fsp3) is 0.538. The van der Waals surface area contributed by atoms with Crippen LogP contribution in [0.2, 0.25) is 0 Å². The van der Waals surface area contributed by atoms with Gasteiger partial charge in [-0.25, -0.2) is 9.59 Å².